The normalized spacial score (nSPS) is 10.2. The summed E-state index contributed by atoms with van der Waals surface area (Å²) in [6, 6.07) is 9.60. The fraction of sp³-hybridized carbons (Fsp3) is 0.0588. The minimum atomic E-state index is -1.18. The van der Waals surface area contributed by atoms with Gasteiger partial charge in [-0.05, 0) is 30.3 Å². The molecule has 2 aromatic heterocycles. The molecule has 8 heteroatoms. The Balaban J connectivity index is 2.16. The highest BCUT2D eigenvalue weighted by Crippen LogP contribution is 2.37. The summed E-state index contributed by atoms with van der Waals surface area (Å²) < 4.78 is 6.30. The molecule has 0 saturated carbocycles. The zero-order valence-corrected chi connectivity index (χ0v) is 13.0. The molecular formula is C17H12N4O4. The lowest BCUT2D eigenvalue weighted by Gasteiger charge is -2.09. The minimum Gasteiger partial charge on any atom is -0.496 e. The zero-order valence-electron chi connectivity index (χ0n) is 13.0. The van der Waals surface area contributed by atoms with Gasteiger partial charge in [-0.3, -0.25) is 0 Å². The van der Waals surface area contributed by atoms with E-state index in [2.05, 4.69) is 10.1 Å². The summed E-state index contributed by atoms with van der Waals surface area (Å²) in [6.07, 6.45) is 2.78. The van der Waals surface area contributed by atoms with E-state index in [-0.39, 0.29) is 17.3 Å². The van der Waals surface area contributed by atoms with Gasteiger partial charge in [0.2, 0.25) is 5.88 Å². The summed E-state index contributed by atoms with van der Waals surface area (Å²) in [6.45, 7) is 0. The molecule has 0 bridgehead atoms. The molecule has 2 N–H and O–H groups in total. The number of nitriles is 1. The number of hydrogen-bond acceptors (Lipinski definition) is 6. The van der Waals surface area contributed by atoms with E-state index in [1.54, 1.807) is 12.1 Å². The first-order valence-corrected chi connectivity index (χ1v) is 7.11. The van der Waals surface area contributed by atoms with Crippen molar-refractivity contribution >= 4 is 5.97 Å². The van der Waals surface area contributed by atoms with E-state index in [0.717, 1.165) is 4.68 Å². The molecule has 0 unspecified atom stereocenters. The Morgan fingerprint density at radius 2 is 2.12 bits per heavy atom. The molecule has 0 amide bonds. The van der Waals surface area contributed by atoms with Crippen LogP contribution in [0.3, 0.4) is 0 Å². The maximum absolute atomic E-state index is 11.3. The van der Waals surface area contributed by atoms with Crippen LogP contribution >= 0.6 is 0 Å². The first-order valence-electron chi connectivity index (χ1n) is 7.11. The second-order valence-electron chi connectivity index (χ2n) is 5.00. The van der Waals surface area contributed by atoms with Crippen LogP contribution in [-0.2, 0) is 0 Å². The van der Waals surface area contributed by atoms with Crippen LogP contribution in [0.1, 0.15) is 15.9 Å². The molecule has 0 spiro atoms. The van der Waals surface area contributed by atoms with Crippen LogP contribution in [0.2, 0.25) is 0 Å². The van der Waals surface area contributed by atoms with Crippen molar-refractivity contribution in [2.75, 3.05) is 7.11 Å². The van der Waals surface area contributed by atoms with Crippen molar-refractivity contribution in [3.63, 3.8) is 0 Å². The van der Waals surface area contributed by atoms with Crippen molar-refractivity contribution in [3.8, 4) is 34.6 Å². The summed E-state index contributed by atoms with van der Waals surface area (Å²) in [5, 5.41) is 32.8. The Morgan fingerprint density at radius 3 is 2.80 bits per heavy atom. The first-order chi connectivity index (χ1) is 12.1. The topological polar surface area (TPSA) is 121 Å². The van der Waals surface area contributed by atoms with Crippen LogP contribution in [0.25, 0.3) is 16.9 Å². The largest absolute Gasteiger partial charge is 0.496 e. The predicted molar refractivity (Wildman–Crippen MR) is 86.7 cm³/mol. The van der Waals surface area contributed by atoms with E-state index in [0.29, 0.717) is 22.4 Å². The predicted octanol–water partition coefficient (Wildman–Crippen LogP) is 2.22. The fourth-order valence-electron chi connectivity index (χ4n) is 2.40. The Hall–Kier alpha value is -3.86. The quantitative estimate of drug-likeness (QED) is 0.749. The average Bonchev–Trinajstić information content (AvgIpc) is 3.02. The Bertz CT molecular complexity index is 1000. The highest BCUT2D eigenvalue weighted by molar-refractivity contribution is 5.91. The van der Waals surface area contributed by atoms with E-state index in [4.69, 9.17) is 10.00 Å². The van der Waals surface area contributed by atoms with Crippen LogP contribution in [0.4, 0.5) is 0 Å². The van der Waals surface area contributed by atoms with Crippen LogP contribution in [-0.4, -0.2) is 38.1 Å². The van der Waals surface area contributed by atoms with Crippen molar-refractivity contribution < 1.29 is 19.7 Å². The van der Waals surface area contributed by atoms with Gasteiger partial charge in [-0.15, -0.1) is 0 Å². The van der Waals surface area contributed by atoms with Gasteiger partial charge >= 0.3 is 5.97 Å². The van der Waals surface area contributed by atoms with Gasteiger partial charge in [0.1, 0.15) is 11.3 Å². The van der Waals surface area contributed by atoms with Crippen LogP contribution in [0.5, 0.6) is 11.6 Å². The van der Waals surface area contributed by atoms with E-state index < -0.39 is 5.97 Å². The molecule has 0 saturated heterocycles. The first kappa shape index (κ1) is 16.0. The molecule has 0 fully saturated rings. The van der Waals surface area contributed by atoms with Crippen molar-refractivity contribution in [1.29, 1.82) is 5.26 Å². The van der Waals surface area contributed by atoms with Gasteiger partial charge in [-0.25, -0.2) is 9.78 Å². The molecule has 0 aliphatic heterocycles. The number of pyridine rings is 1. The Morgan fingerprint density at radius 1 is 1.32 bits per heavy atom. The summed E-state index contributed by atoms with van der Waals surface area (Å²) >= 11 is 0. The van der Waals surface area contributed by atoms with Gasteiger partial charge in [-0.2, -0.15) is 15.0 Å². The number of benzene rings is 1. The van der Waals surface area contributed by atoms with E-state index in [1.807, 2.05) is 6.07 Å². The van der Waals surface area contributed by atoms with Crippen molar-refractivity contribution in [2.45, 2.75) is 0 Å². The van der Waals surface area contributed by atoms with E-state index in [9.17, 15) is 15.0 Å². The average molecular weight is 336 g/mol. The number of carboxylic acids is 1. The maximum atomic E-state index is 11.3. The summed E-state index contributed by atoms with van der Waals surface area (Å²) in [5.41, 5.74) is 1.14. The third kappa shape index (κ3) is 2.74. The number of aromatic carboxylic acids is 1. The van der Waals surface area contributed by atoms with Crippen molar-refractivity contribution in [2.24, 2.45) is 0 Å². The monoisotopic (exact) mass is 336 g/mol. The smallest absolute Gasteiger partial charge is 0.339 e. The van der Waals surface area contributed by atoms with E-state index >= 15 is 0 Å². The van der Waals surface area contributed by atoms with Crippen molar-refractivity contribution in [3.05, 3.63) is 53.9 Å². The number of aromatic hydroxyl groups is 1. The number of carboxylic acid groups (broad SMARTS) is 1. The molecule has 25 heavy (non-hydrogen) atoms. The molecule has 124 valence electrons. The molecule has 1 aromatic carbocycles. The molecule has 0 aliphatic rings. The van der Waals surface area contributed by atoms with Crippen LogP contribution in [0, 0.1) is 11.3 Å². The highest BCUT2D eigenvalue weighted by atomic mass is 16.5. The SMILES string of the molecule is COc1cc(C#N)ccc1-c1cnn(-c2ncccc2C(=O)O)c1O. The molecular weight excluding hydrogens is 324 g/mol. The number of nitrogens with zero attached hydrogens (tertiary/aromatic N) is 4. The molecule has 0 radical (unpaired) electrons. The number of rotatable bonds is 4. The molecule has 3 aromatic rings. The lowest BCUT2D eigenvalue weighted by atomic mass is 10.1. The van der Waals surface area contributed by atoms with Gasteiger partial charge in [0.15, 0.2) is 5.82 Å². The number of ether oxygens (including phenoxy) is 1. The third-order valence-electron chi connectivity index (χ3n) is 3.58. The number of hydrogen-bond donors (Lipinski definition) is 2. The van der Waals surface area contributed by atoms with Gasteiger partial charge in [-0.1, -0.05) is 0 Å². The minimum absolute atomic E-state index is 0.00800. The number of aromatic nitrogens is 3. The third-order valence-corrected chi connectivity index (χ3v) is 3.58. The fourth-order valence-corrected chi connectivity index (χ4v) is 2.40. The van der Waals surface area contributed by atoms with Crippen LogP contribution < -0.4 is 4.74 Å². The standard InChI is InChI=1S/C17H12N4O4/c1-25-14-7-10(8-18)4-5-11(14)13-9-20-21(16(13)22)15-12(17(23)24)3-2-6-19-15/h2-7,9,22H,1H3,(H,23,24). The Labute approximate surface area is 142 Å². The number of methoxy groups -OCH3 is 1. The second kappa shape index (κ2) is 6.33. The molecule has 8 nitrogen and oxygen atoms in total. The van der Waals surface area contributed by atoms with Gasteiger partial charge < -0.3 is 14.9 Å². The highest BCUT2D eigenvalue weighted by Gasteiger charge is 2.21. The summed E-state index contributed by atoms with van der Waals surface area (Å²) in [7, 11) is 1.45. The number of carbonyl (C=O) groups is 1. The summed E-state index contributed by atoms with van der Waals surface area (Å²) in [4.78, 5) is 15.3. The molecule has 3 rings (SSSR count). The lowest BCUT2D eigenvalue weighted by Crippen LogP contribution is -2.08. The molecule has 0 atom stereocenters. The summed E-state index contributed by atoms with van der Waals surface area (Å²) in [5.74, 6) is -1.10. The Kier molecular flexibility index (Phi) is 4.05. The van der Waals surface area contributed by atoms with Gasteiger partial charge in [0, 0.05) is 11.8 Å². The second-order valence-corrected chi connectivity index (χ2v) is 5.00. The van der Waals surface area contributed by atoms with Gasteiger partial charge in [0.05, 0.1) is 30.5 Å². The molecule has 0 aliphatic carbocycles. The van der Waals surface area contributed by atoms with Crippen molar-refractivity contribution in [1.82, 2.24) is 14.8 Å². The van der Waals surface area contributed by atoms with E-state index in [1.165, 1.54) is 37.7 Å². The van der Waals surface area contributed by atoms with Crippen LogP contribution in [0.15, 0.2) is 42.7 Å². The lowest BCUT2D eigenvalue weighted by molar-refractivity contribution is 0.0696. The zero-order chi connectivity index (χ0) is 18.0. The van der Waals surface area contributed by atoms with Gasteiger partial charge in [0.25, 0.3) is 0 Å². The maximum Gasteiger partial charge on any atom is 0.339 e. The molecule has 2 heterocycles.